The van der Waals surface area contributed by atoms with E-state index in [0.29, 0.717) is 11.2 Å². The number of aryl methyl sites for hydroxylation is 1. The number of nitrogens with two attached hydrogens (primary N) is 1. The summed E-state index contributed by atoms with van der Waals surface area (Å²) in [4.78, 5) is 3.77. The number of hydrogen-bond donors (Lipinski definition) is 2. The lowest BCUT2D eigenvalue weighted by Crippen LogP contribution is -2.35. The Balaban J connectivity index is 2.03. The minimum absolute atomic E-state index is 0.103. The van der Waals surface area contributed by atoms with Crippen LogP contribution in [0.15, 0.2) is 24.3 Å². The lowest BCUT2D eigenvalue weighted by atomic mass is 9.91. The molecule has 1 saturated carbocycles. The van der Waals surface area contributed by atoms with Gasteiger partial charge in [-0.05, 0) is 50.8 Å². The van der Waals surface area contributed by atoms with Crippen molar-refractivity contribution in [3.63, 3.8) is 0 Å². The van der Waals surface area contributed by atoms with E-state index in [9.17, 15) is 13.2 Å². The number of rotatable bonds is 2. The average Bonchev–Trinajstić information content (AvgIpc) is 2.46. The van der Waals surface area contributed by atoms with E-state index < -0.39 is 11.9 Å². The first-order valence-electron chi connectivity index (χ1n) is 7.83. The number of aromatic nitrogens is 1. The Hall–Kier alpha value is -1.82. The third-order valence-electron chi connectivity index (χ3n) is 4.33. The largest absolute Gasteiger partial charge is 0.433 e. The maximum absolute atomic E-state index is 13.1. The molecule has 1 fully saturated rings. The summed E-state index contributed by atoms with van der Waals surface area (Å²) in [6.07, 6.45) is -0.796. The van der Waals surface area contributed by atoms with Gasteiger partial charge in [-0.1, -0.05) is 11.6 Å². The van der Waals surface area contributed by atoms with Crippen molar-refractivity contribution < 1.29 is 13.2 Å². The molecule has 0 amide bonds. The molecule has 1 aliphatic rings. The van der Waals surface area contributed by atoms with Gasteiger partial charge in [-0.25, -0.2) is 4.98 Å². The number of halogens is 3. The van der Waals surface area contributed by atoms with Crippen LogP contribution in [0.2, 0.25) is 0 Å². The van der Waals surface area contributed by atoms with Crippen molar-refractivity contribution in [2.75, 3.05) is 5.32 Å². The van der Waals surface area contributed by atoms with Crippen LogP contribution < -0.4 is 11.1 Å². The van der Waals surface area contributed by atoms with E-state index in [2.05, 4.69) is 10.3 Å². The predicted octanol–water partition coefficient (Wildman–Crippen LogP) is 4.24. The second-order valence-electron chi connectivity index (χ2n) is 6.34. The fraction of sp³-hybridized carbons (Fsp3) is 0.471. The van der Waals surface area contributed by atoms with Crippen molar-refractivity contribution in [2.45, 2.75) is 50.9 Å². The highest BCUT2D eigenvalue weighted by Crippen LogP contribution is 2.34. The van der Waals surface area contributed by atoms with Gasteiger partial charge in [0.15, 0.2) is 0 Å². The Morgan fingerprint density at radius 2 is 2.00 bits per heavy atom. The van der Waals surface area contributed by atoms with E-state index >= 15 is 0 Å². The van der Waals surface area contributed by atoms with Gasteiger partial charge in [0.2, 0.25) is 0 Å². The van der Waals surface area contributed by atoms with Crippen LogP contribution in [0.5, 0.6) is 0 Å². The molecule has 1 heterocycles. The Morgan fingerprint density at radius 1 is 1.22 bits per heavy atom. The highest BCUT2D eigenvalue weighted by Gasteiger charge is 2.33. The summed E-state index contributed by atoms with van der Waals surface area (Å²) >= 11 is 0. The first-order chi connectivity index (χ1) is 10.8. The second-order valence-corrected chi connectivity index (χ2v) is 6.34. The molecule has 124 valence electrons. The van der Waals surface area contributed by atoms with Crippen molar-refractivity contribution in [3.8, 4) is 0 Å². The number of anilines is 1. The summed E-state index contributed by atoms with van der Waals surface area (Å²) in [5, 5.41) is 3.99. The molecule has 0 unspecified atom stereocenters. The van der Waals surface area contributed by atoms with E-state index in [1.54, 1.807) is 12.1 Å². The van der Waals surface area contributed by atoms with Gasteiger partial charge in [-0.15, -0.1) is 0 Å². The van der Waals surface area contributed by atoms with E-state index in [0.717, 1.165) is 42.7 Å². The molecule has 3 rings (SSSR count). The standard InChI is InChI=1S/C17H20F3N3/c1-10-5-6-14-13(7-10)15(9-16(23-14)17(18,19)20)22-12-4-2-3-11(21)8-12/h5-7,9,11-12H,2-4,8,21H2,1H3,(H,22,23)/t11-,12+/m1/s1. The molecule has 2 aromatic rings. The van der Waals surface area contributed by atoms with Crippen LogP contribution in [0.25, 0.3) is 10.9 Å². The zero-order valence-corrected chi connectivity index (χ0v) is 13.0. The van der Waals surface area contributed by atoms with E-state index in [-0.39, 0.29) is 12.1 Å². The van der Waals surface area contributed by atoms with Gasteiger partial charge in [0.05, 0.1) is 5.52 Å². The number of alkyl halides is 3. The molecule has 0 aliphatic heterocycles. The molecule has 2 atom stereocenters. The summed E-state index contributed by atoms with van der Waals surface area (Å²) in [5.74, 6) is 0. The zero-order valence-electron chi connectivity index (χ0n) is 13.0. The highest BCUT2D eigenvalue weighted by molar-refractivity contribution is 5.92. The maximum Gasteiger partial charge on any atom is 0.433 e. The fourth-order valence-electron chi connectivity index (χ4n) is 3.18. The normalized spacial score (nSPS) is 22.3. The number of benzene rings is 1. The van der Waals surface area contributed by atoms with Gasteiger partial charge in [0.25, 0.3) is 0 Å². The van der Waals surface area contributed by atoms with Crippen LogP contribution in [0, 0.1) is 6.92 Å². The molecule has 23 heavy (non-hydrogen) atoms. The number of nitrogens with one attached hydrogen (secondary N) is 1. The molecular formula is C17H20F3N3. The average molecular weight is 323 g/mol. The molecule has 1 aromatic heterocycles. The van der Waals surface area contributed by atoms with Gasteiger partial charge in [-0.2, -0.15) is 13.2 Å². The van der Waals surface area contributed by atoms with Crippen molar-refractivity contribution in [1.29, 1.82) is 0 Å². The minimum Gasteiger partial charge on any atom is -0.382 e. The molecule has 3 nitrogen and oxygen atoms in total. The molecule has 0 radical (unpaired) electrons. The van der Waals surface area contributed by atoms with Gasteiger partial charge < -0.3 is 11.1 Å². The Labute approximate surface area is 133 Å². The summed E-state index contributed by atoms with van der Waals surface area (Å²) in [6.45, 7) is 1.91. The lowest BCUT2D eigenvalue weighted by Gasteiger charge is -2.29. The summed E-state index contributed by atoms with van der Waals surface area (Å²) in [5.41, 5.74) is 6.95. The van der Waals surface area contributed by atoms with Crippen LogP contribution in [0.1, 0.15) is 36.9 Å². The van der Waals surface area contributed by atoms with Gasteiger partial charge in [0.1, 0.15) is 5.69 Å². The molecular weight excluding hydrogens is 303 g/mol. The Morgan fingerprint density at radius 3 is 2.70 bits per heavy atom. The smallest absolute Gasteiger partial charge is 0.382 e. The molecule has 3 N–H and O–H groups in total. The third kappa shape index (κ3) is 3.58. The van der Waals surface area contributed by atoms with Crippen LogP contribution in [-0.2, 0) is 6.18 Å². The third-order valence-corrected chi connectivity index (χ3v) is 4.33. The highest BCUT2D eigenvalue weighted by atomic mass is 19.4. The van der Waals surface area contributed by atoms with Gasteiger partial charge in [-0.3, -0.25) is 0 Å². The molecule has 6 heteroatoms. The van der Waals surface area contributed by atoms with E-state index in [4.69, 9.17) is 5.73 Å². The van der Waals surface area contributed by atoms with Gasteiger partial charge in [0, 0.05) is 23.2 Å². The zero-order chi connectivity index (χ0) is 16.6. The van der Waals surface area contributed by atoms with E-state index in [1.807, 2.05) is 13.0 Å². The lowest BCUT2D eigenvalue weighted by molar-refractivity contribution is -0.140. The number of fused-ring (bicyclic) bond motifs is 1. The molecule has 0 bridgehead atoms. The Kier molecular flexibility index (Phi) is 4.19. The van der Waals surface area contributed by atoms with E-state index in [1.165, 1.54) is 0 Å². The predicted molar refractivity (Wildman–Crippen MR) is 85.3 cm³/mol. The van der Waals surface area contributed by atoms with Gasteiger partial charge >= 0.3 is 6.18 Å². The van der Waals surface area contributed by atoms with Crippen LogP contribution in [0.3, 0.4) is 0 Å². The number of pyridine rings is 1. The number of hydrogen-bond acceptors (Lipinski definition) is 3. The summed E-state index contributed by atoms with van der Waals surface area (Å²) < 4.78 is 39.3. The molecule has 1 aromatic carbocycles. The van der Waals surface area contributed by atoms with Crippen LogP contribution >= 0.6 is 0 Å². The quantitative estimate of drug-likeness (QED) is 0.869. The topological polar surface area (TPSA) is 50.9 Å². The van der Waals surface area contributed by atoms with Crippen LogP contribution in [0.4, 0.5) is 18.9 Å². The SMILES string of the molecule is Cc1ccc2nc(C(F)(F)F)cc(N[C@H]3CCC[C@@H](N)C3)c2c1. The fourth-order valence-corrected chi connectivity index (χ4v) is 3.18. The maximum atomic E-state index is 13.1. The molecule has 1 aliphatic carbocycles. The second kappa shape index (κ2) is 6.00. The Bertz CT molecular complexity index is 712. The monoisotopic (exact) mass is 323 g/mol. The van der Waals surface area contributed by atoms with Crippen molar-refractivity contribution in [2.24, 2.45) is 5.73 Å². The van der Waals surface area contributed by atoms with Crippen LogP contribution in [-0.4, -0.2) is 17.1 Å². The first kappa shape index (κ1) is 16.1. The van der Waals surface area contributed by atoms with Crippen molar-refractivity contribution in [1.82, 2.24) is 4.98 Å². The van der Waals surface area contributed by atoms with Crippen molar-refractivity contribution in [3.05, 3.63) is 35.5 Å². The van der Waals surface area contributed by atoms with Crippen molar-refractivity contribution >= 4 is 16.6 Å². The minimum atomic E-state index is -4.46. The number of nitrogens with zero attached hydrogens (tertiary/aromatic N) is 1. The summed E-state index contributed by atoms with van der Waals surface area (Å²) in [6, 6.07) is 6.60. The molecule has 0 saturated heterocycles. The molecule has 0 spiro atoms. The summed E-state index contributed by atoms with van der Waals surface area (Å²) in [7, 11) is 0. The first-order valence-corrected chi connectivity index (χ1v) is 7.83.